The van der Waals surface area contributed by atoms with E-state index in [9.17, 15) is 9.18 Å². The molecular weight excluding hydrogens is 485 g/mol. The summed E-state index contributed by atoms with van der Waals surface area (Å²) in [5.74, 6) is -0.195. The number of esters is 1. The van der Waals surface area contributed by atoms with Gasteiger partial charge in [-0.05, 0) is 54.0 Å². The molecule has 7 heteroatoms. The molecule has 0 aliphatic heterocycles. The van der Waals surface area contributed by atoms with Gasteiger partial charge in [0.1, 0.15) is 18.2 Å². The van der Waals surface area contributed by atoms with E-state index in [0.717, 1.165) is 22.3 Å². The van der Waals surface area contributed by atoms with Gasteiger partial charge in [0.05, 0.1) is 23.1 Å². The molecule has 0 saturated heterocycles. The summed E-state index contributed by atoms with van der Waals surface area (Å²) in [7, 11) is 0. The summed E-state index contributed by atoms with van der Waals surface area (Å²) in [6.07, 6.45) is 1.95. The van der Waals surface area contributed by atoms with Crippen molar-refractivity contribution in [2.75, 3.05) is 13.2 Å². The number of thioether (sulfide) groups is 1. The molecule has 0 amide bonds. The van der Waals surface area contributed by atoms with E-state index < -0.39 is 0 Å². The number of hydrogen-bond acceptors (Lipinski definition) is 5. The van der Waals surface area contributed by atoms with E-state index in [1.807, 2.05) is 36.4 Å². The fourth-order valence-electron chi connectivity index (χ4n) is 3.21. The predicted octanol–water partition coefficient (Wildman–Crippen LogP) is 7.32. The SMILES string of the molecule is C=C(SC(=N)c1ccccc1)/C(=C\COc1ccc(CC(=O)OCC)cc1Cl)c1ccc(F)cc1. The average molecular weight is 510 g/mol. The molecule has 0 atom stereocenters. The fourth-order valence-corrected chi connectivity index (χ4v) is 4.28. The number of carbonyl (C=O) groups is 1. The molecule has 3 aromatic carbocycles. The van der Waals surface area contributed by atoms with E-state index in [2.05, 4.69) is 6.58 Å². The number of ether oxygens (including phenoxy) is 2. The van der Waals surface area contributed by atoms with Crippen molar-refractivity contribution < 1.29 is 18.7 Å². The molecule has 0 unspecified atom stereocenters. The zero-order chi connectivity index (χ0) is 25.2. The highest BCUT2D eigenvalue weighted by Crippen LogP contribution is 2.33. The van der Waals surface area contributed by atoms with Gasteiger partial charge in [-0.1, -0.05) is 78.5 Å². The average Bonchev–Trinajstić information content (AvgIpc) is 2.84. The van der Waals surface area contributed by atoms with E-state index in [1.54, 1.807) is 37.3 Å². The van der Waals surface area contributed by atoms with Crippen LogP contribution in [0.4, 0.5) is 4.39 Å². The van der Waals surface area contributed by atoms with E-state index in [0.29, 0.717) is 27.3 Å². The Morgan fingerprint density at radius 2 is 1.80 bits per heavy atom. The topological polar surface area (TPSA) is 59.4 Å². The monoisotopic (exact) mass is 509 g/mol. The fraction of sp³-hybridized carbons (Fsp3) is 0.143. The third-order valence-corrected chi connectivity index (χ3v) is 6.09. The summed E-state index contributed by atoms with van der Waals surface area (Å²) in [5, 5.41) is 9.15. The number of allylic oxidation sites excluding steroid dienone is 1. The Morgan fingerprint density at radius 1 is 1.09 bits per heavy atom. The highest BCUT2D eigenvalue weighted by Gasteiger charge is 2.12. The van der Waals surface area contributed by atoms with Crippen molar-refractivity contribution in [1.29, 1.82) is 5.41 Å². The largest absolute Gasteiger partial charge is 0.488 e. The minimum Gasteiger partial charge on any atom is -0.488 e. The Kier molecular flexibility index (Phi) is 9.70. The van der Waals surface area contributed by atoms with E-state index in [1.165, 1.54) is 23.9 Å². The van der Waals surface area contributed by atoms with Gasteiger partial charge in [0.15, 0.2) is 0 Å². The zero-order valence-corrected chi connectivity index (χ0v) is 20.8. The van der Waals surface area contributed by atoms with Gasteiger partial charge < -0.3 is 9.47 Å². The lowest BCUT2D eigenvalue weighted by Crippen LogP contribution is -2.07. The molecule has 1 N–H and O–H groups in total. The van der Waals surface area contributed by atoms with Gasteiger partial charge in [0, 0.05) is 10.5 Å². The number of benzene rings is 3. The highest BCUT2D eigenvalue weighted by atomic mass is 35.5. The van der Waals surface area contributed by atoms with Crippen molar-refractivity contribution in [2.24, 2.45) is 0 Å². The number of carbonyl (C=O) groups excluding carboxylic acids is 1. The molecule has 0 heterocycles. The lowest BCUT2D eigenvalue weighted by Gasteiger charge is -2.13. The lowest BCUT2D eigenvalue weighted by atomic mass is 10.1. The summed E-state index contributed by atoms with van der Waals surface area (Å²) < 4.78 is 24.3. The molecule has 0 aliphatic carbocycles. The summed E-state index contributed by atoms with van der Waals surface area (Å²) in [5.41, 5.74) is 2.99. The van der Waals surface area contributed by atoms with E-state index >= 15 is 0 Å². The molecule has 3 aromatic rings. The van der Waals surface area contributed by atoms with Crippen LogP contribution >= 0.6 is 23.4 Å². The molecular formula is C28H25ClFNO3S. The smallest absolute Gasteiger partial charge is 0.310 e. The molecule has 4 nitrogen and oxygen atoms in total. The molecule has 0 bridgehead atoms. The molecule has 0 radical (unpaired) electrons. The predicted molar refractivity (Wildman–Crippen MR) is 142 cm³/mol. The summed E-state index contributed by atoms with van der Waals surface area (Å²) in [6, 6.07) is 20.6. The Bertz CT molecular complexity index is 1230. The second-order valence-corrected chi connectivity index (χ2v) is 8.92. The summed E-state index contributed by atoms with van der Waals surface area (Å²) in [6.45, 7) is 6.40. The van der Waals surface area contributed by atoms with Crippen molar-refractivity contribution in [1.82, 2.24) is 0 Å². The highest BCUT2D eigenvalue weighted by molar-refractivity contribution is 8.18. The Labute approximate surface area is 213 Å². The van der Waals surface area contributed by atoms with E-state index in [-0.39, 0.29) is 24.8 Å². The first-order chi connectivity index (χ1) is 16.9. The molecule has 0 saturated carbocycles. The van der Waals surface area contributed by atoms with Crippen molar-refractivity contribution in [3.63, 3.8) is 0 Å². The van der Waals surface area contributed by atoms with Gasteiger partial charge in [0.2, 0.25) is 0 Å². The van der Waals surface area contributed by atoms with Crippen LogP contribution in [0, 0.1) is 11.2 Å². The number of hydrogen-bond donors (Lipinski definition) is 1. The second kappa shape index (κ2) is 12.9. The van der Waals surface area contributed by atoms with Gasteiger partial charge in [-0.25, -0.2) is 4.39 Å². The van der Waals surface area contributed by atoms with Crippen LogP contribution in [0.25, 0.3) is 5.57 Å². The van der Waals surface area contributed by atoms with Gasteiger partial charge in [-0.15, -0.1) is 0 Å². The normalized spacial score (nSPS) is 11.1. The van der Waals surface area contributed by atoms with Crippen LogP contribution in [0.2, 0.25) is 5.02 Å². The van der Waals surface area contributed by atoms with Crippen LogP contribution in [0.5, 0.6) is 5.75 Å². The van der Waals surface area contributed by atoms with Crippen LogP contribution in [0.3, 0.4) is 0 Å². The minimum atomic E-state index is -0.339. The van der Waals surface area contributed by atoms with Crippen molar-refractivity contribution in [3.05, 3.63) is 118 Å². The summed E-state index contributed by atoms with van der Waals surface area (Å²) in [4.78, 5) is 12.3. The maximum atomic E-state index is 13.5. The maximum absolute atomic E-state index is 13.5. The number of rotatable bonds is 10. The van der Waals surface area contributed by atoms with Crippen molar-refractivity contribution in [2.45, 2.75) is 13.3 Å². The lowest BCUT2D eigenvalue weighted by molar-refractivity contribution is -0.142. The number of nitrogens with one attached hydrogen (secondary N) is 1. The zero-order valence-electron chi connectivity index (χ0n) is 19.2. The third-order valence-electron chi connectivity index (χ3n) is 4.89. The first-order valence-corrected chi connectivity index (χ1v) is 12.1. The summed E-state index contributed by atoms with van der Waals surface area (Å²) >= 11 is 7.57. The van der Waals surface area contributed by atoms with Crippen LogP contribution in [0.15, 0.2) is 90.4 Å². The maximum Gasteiger partial charge on any atom is 0.310 e. The molecule has 0 spiro atoms. The first-order valence-electron chi connectivity index (χ1n) is 10.9. The Hall–Kier alpha value is -3.35. The molecule has 0 aromatic heterocycles. The van der Waals surface area contributed by atoms with Gasteiger partial charge >= 0.3 is 5.97 Å². The van der Waals surface area contributed by atoms with Crippen LogP contribution in [-0.4, -0.2) is 24.2 Å². The van der Waals surface area contributed by atoms with Gasteiger partial charge in [-0.3, -0.25) is 10.2 Å². The van der Waals surface area contributed by atoms with E-state index in [4.69, 9.17) is 26.5 Å². The van der Waals surface area contributed by atoms with Crippen LogP contribution in [-0.2, 0) is 16.0 Å². The van der Waals surface area contributed by atoms with Crippen molar-refractivity contribution in [3.8, 4) is 5.75 Å². The molecule has 180 valence electrons. The Balaban J connectivity index is 1.74. The number of halogens is 2. The van der Waals surface area contributed by atoms with Crippen LogP contribution in [0.1, 0.15) is 23.6 Å². The minimum absolute atomic E-state index is 0.132. The van der Waals surface area contributed by atoms with Crippen LogP contribution < -0.4 is 4.74 Å². The molecule has 35 heavy (non-hydrogen) atoms. The first kappa shape index (κ1) is 26.3. The molecule has 3 rings (SSSR count). The van der Waals surface area contributed by atoms with Gasteiger partial charge in [-0.2, -0.15) is 0 Å². The third kappa shape index (κ3) is 7.84. The Morgan fingerprint density at radius 3 is 2.46 bits per heavy atom. The van der Waals surface area contributed by atoms with Crippen molar-refractivity contribution >= 4 is 39.9 Å². The standard InChI is InChI=1S/C28H25ClFNO3S/c1-3-33-27(32)18-20-9-14-26(25(29)17-20)34-16-15-24(21-10-12-23(30)13-11-21)19(2)35-28(31)22-7-5-4-6-8-22/h4-15,17,31H,2-3,16,18H2,1H3/b24-15+,31-28?. The molecule has 0 fully saturated rings. The quantitative estimate of drug-likeness (QED) is 0.135. The van der Waals surface area contributed by atoms with Gasteiger partial charge in [0.25, 0.3) is 0 Å². The second-order valence-electron chi connectivity index (χ2n) is 7.40. The molecule has 0 aliphatic rings.